The van der Waals surface area contributed by atoms with Gasteiger partial charge in [0.25, 0.3) is 0 Å². The number of benzene rings is 2. The summed E-state index contributed by atoms with van der Waals surface area (Å²) in [6.45, 7) is -1.47. The number of β-amino-alcohol motifs (C(OH)–C–C–N with tert-alkyl or cyclic N) is 1. The molecular formula is C60H89N19O13S. The normalized spacial score (nSPS) is 17.3. The van der Waals surface area contributed by atoms with Crippen LogP contribution in [0.4, 0.5) is 0 Å². The first kappa shape index (κ1) is 74.3. The van der Waals surface area contributed by atoms with E-state index in [1.807, 2.05) is 0 Å². The van der Waals surface area contributed by atoms with Gasteiger partial charge in [-0.2, -0.15) is 0 Å². The van der Waals surface area contributed by atoms with Crippen molar-refractivity contribution in [2.45, 2.75) is 138 Å². The van der Waals surface area contributed by atoms with E-state index >= 15 is 0 Å². The summed E-state index contributed by atoms with van der Waals surface area (Å²) in [4.78, 5) is 157. The van der Waals surface area contributed by atoms with Gasteiger partial charge in [-0.05, 0) is 73.9 Å². The van der Waals surface area contributed by atoms with Crippen molar-refractivity contribution in [1.82, 2.24) is 46.2 Å². The number of rotatable bonds is 36. The minimum atomic E-state index is -1.72. The zero-order chi connectivity index (χ0) is 68.3. The van der Waals surface area contributed by atoms with Crippen molar-refractivity contribution in [1.29, 1.82) is 0 Å². The number of amides is 9. The number of carboxylic acids is 1. The second-order valence-electron chi connectivity index (χ2n) is 22.7. The molecule has 32 nitrogen and oxygen atoms in total. The number of likely N-dealkylation sites (tertiary alicyclic amines) is 2. The Kier molecular flexibility index (Phi) is 29.7. The first-order chi connectivity index (χ1) is 44.3. The molecule has 33 heteroatoms. The highest BCUT2D eigenvalue weighted by Gasteiger charge is 2.46. The van der Waals surface area contributed by atoms with Gasteiger partial charge in [0.1, 0.15) is 48.3 Å². The number of hydrogen-bond donors (Lipinski definition) is 15. The number of guanidine groups is 3. The van der Waals surface area contributed by atoms with Crippen molar-refractivity contribution in [2.75, 3.05) is 60.0 Å². The molecule has 3 heterocycles. The average molecular weight is 1320 g/mol. The van der Waals surface area contributed by atoms with Gasteiger partial charge < -0.3 is 102 Å². The molecular weight excluding hydrogens is 1230 g/mol. The van der Waals surface area contributed by atoms with Gasteiger partial charge in [-0.1, -0.05) is 66.7 Å². The number of thiophene rings is 1. The van der Waals surface area contributed by atoms with E-state index in [1.165, 1.54) is 30.3 Å². The molecule has 10 atom stereocenters. The Labute approximate surface area is 542 Å². The number of aliphatic carboxylic acids is 1. The third-order valence-corrected chi connectivity index (χ3v) is 16.6. The fourth-order valence-corrected chi connectivity index (χ4v) is 11.5. The van der Waals surface area contributed by atoms with Crippen molar-refractivity contribution >= 4 is 88.3 Å². The van der Waals surface area contributed by atoms with Crippen molar-refractivity contribution in [3.63, 3.8) is 0 Å². The Hall–Kier alpha value is -9.47. The maximum atomic E-state index is 15.0. The summed E-state index contributed by atoms with van der Waals surface area (Å²) in [6, 6.07) is 8.75. The van der Waals surface area contributed by atoms with Crippen LogP contribution in [-0.4, -0.2) is 232 Å². The maximum absolute atomic E-state index is 15.0. The van der Waals surface area contributed by atoms with E-state index < -0.39 is 133 Å². The van der Waals surface area contributed by atoms with E-state index in [9.17, 15) is 63.3 Å². The number of carboxylic acid groups (broad SMARTS) is 1. The highest BCUT2D eigenvalue weighted by Crippen LogP contribution is 2.27. The van der Waals surface area contributed by atoms with Crippen LogP contribution in [0.5, 0.6) is 0 Å². The Morgan fingerprint density at radius 3 is 1.71 bits per heavy atom. The molecule has 2 aromatic carbocycles. The number of likely N-dealkylation sites (N-methyl/N-ethyl adjacent to an activating group) is 2. The van der Waals surface area contributed by atoms with Crippen LogP contribution in [0.3, 0.4) is 0 Å². The smallest absolute Gasteiger partial charge is 0.326 e. The van der Waals surface area contributed by atoms with Crippen LogP contribution in [0.1, 0.15) is 73.8 Å². The molecule has 93 heavy (non-hydrogen) atoms. The van der Waals surface area contributed by atoms with Gasteiger partial charge in [-0.15, -0.1) is 11.3 Å². The molecule has 22 N–H and O–H groups in total. The first-order valence-electron chi connectivity index (χ1n) is 30.5. The van der Waals surface area contributed by atoms with E-state index in [0.29, 0.717) is 28.8 Å². The summed E-state index contributed by atoms with van der Waals surface area (Å²) in [6.07, 6.45) is -0.177. The Bertz CT molecular complexity index is 3100. The van der Waals surface area contributed by atoms with Crippen molar-refractivity contribution < 1.29 is 63.3 Å². The molecule has 3 aromatic rings. The highest BCUT2D eigenvalue weighted by molar-refractivity contribution is 7.09. The minimum absolute atomic E-state index is 0.0611. The van der Waals surface area contributed by atoms with Crippen LogP contribution >= 0.6 is 11.3 Å². The molecule has 2 aliphatic rings. The van der Waals surface area contributed by atoms with Crippen LogP contribution in [0.15, 0.2) is 93.2 Å². The molecule has 0 unspecified atom stereocenters. The summed E-state index contributed by atoms with van der Waals surface area (Å²) in [5.74, 6) is -8.92. The molecule has 5 rings (SSSR count). The number of aliphatic hydroxyl groups is 2. The molecule has 1 aromatic heterocycles. The van der Waals surface area contributed by atoms with Crippen molar-refractivity contribution in [2.24, 2.45) is 55.1 Å². The molecule has 0 bridgehead atoms. The molecule has 2 fully saturated rings. The molecule has 9 amide bonds. The van der Waals surface area contributed by atoms with Crippen LogP contribution in [0, 0.1) is 0 Å². The summed E-state index contributed by atoms with van der Waals surface area (Å²) in [5, 5.41) is 46.3. The number of aliphatic hydroxyl groups excluding tert-OH is 2. The summed E-state index contributed by atoms with van der Waals surface area (Å²) in [7, 11) is 2.63. The van der Waals surface area contributed by atoms with Gasteiger partial charge >= 0.3 is 5.97 Å². The lowest BCUT2D eigenvalue weighted by Gasteiger charge is -2.36. The molecule has 0 radical (unpaired) electrons. The van der Waals surface area contributed by atoms with E-state index in [2.05, 4.69) is 41.6 Å². The molecule has 0 spiro atoms. The number of carbonyl (C=O) groups is 10. The summed E-state index contributed by atoms with van der Waals surface area (Å²) >= 11 is 1.25. The fourth-order valence-electron chi connectivity index (χ4n) is 10.8. The number of hydrogen-bond acceptors (Lipinski definition) is 17. The number of nitrogens with zero attached hydrogens (tertiary/aromatic N) is 7. The van der Waals surface area contributed by atoms with Crippen LogP contribution in [0.25, 0.3) is 0 Å². The fraction of sp³-hybridized carbons (Fsp3) is 0.517. The lowest BCUT2D eigenvalue weighted by atomic mass is 9.99. The van der Waals surface area contributed by atoms with E-state index in [-0.39, 0.29) is 115 Å². The second kappa shape index (κ2) is 37.1. The molecule has 508 valence electrons. The molecule has 0 aliphatic carbocycles. The third kappa shape index (κ3) is 23.3. The van der Waals surface area contributed by atoms with Crippen LogP contribution in [0.2, 0.25) is 0 Å². The van der Waals surface area contributed by atoms with Crippen molar-refractivity contribution in [3.05, 3.63) is 94.2 Å². The molecule has 0 saturated carbocycles. The van der Waals surface area contributed by atoms with E-state index in [1.54, 1.807) is 78.2 Å². The number of nitrogens with two attached hydrogens (primary N) is 7. The van der Waals surface area contributed by atoms with Gasteiger partial charge in [0.2, 0.25) is 53.2 Å². The number of nitrogens with one attached hydrogen (secondary N) is 5. The van der Waals surface area contributed by atoms with Crippen LogP contribution in [-0.2, 0) is 67.2 Å². The lowest BCUT2D eigenvalue weighted by Crippen LogP contribution is -2.61. The predicted octanol–water partition coefficient (Wildman–Crippen LogP) is -5.00. The molecule has 2 aliphatic heterocycles. The largest absolute Gasteiger partial charge is 0.480 e. The van der Waals surface area contributed by atoms with Gasteiger partial charge in [-0.3, -0.25) is 58.1 Å². The van der Waals surface area contributed by atoms with E-state index in [0.717, 1.165) is 14.7 Å². The zero-order valence-corrected chi connectivity index (χ0v) is 53.0. The van der Waals surface area contributed by atoms with Gasteiger partial charge in [0.15, 0.2) is 17.9 Å². The molecule has 2 saturated heterocycles. The quantitative estimate of drug-likeness (QED) is 0.0147. The SMILES string of the molecule is CN(C(=O)[C@H](CO)NC(=O)[C@H](Cc1cccs1)NC(=O)CNC(=O)[C@@H]1C[C@@H](O)CN1C(=O)[C@@H]1CCCN1C(=O)[C@H](CCCN=C(N)N)NC(=O)[C@H](N)CCCN=C(N)N)[C@@H](Cc1ccccc1)C(=O)N(C)[C@@H](Cc1ccccc1)C(=O)N[C@@H](CCCN=C(N)N)C(=O)O. The van der Waals surface area contributed by atoms with Crippen LogP contribution < -0.4 is 66.7 Å². The minimum Gasteiger partial charge on any atom is -0.480 e. The monoisotopic (exact) mass is 1320 g/mol. The summed E-state index contributed by atoms with van der Waals surface area (Å²) < 4.78 is 0. The van der Waals surface area contributed by atoms with Crippen molar-refractivity contribution in [3.8, 4) is 0 Å². The zero-order valence-electron chi connectivity index (χ0n) is 52.2. The van der Waals surface area contributed by atoms with Gasteiger partial charge in [0, 0.05) is 77.4 Å². The third-order valence-electron chi connectivity index (χ3n) is 15.7. The lowest BCUT2D eigenvalue weighted by molar-refractivity contribution is -0.150. The summed E-state index contributed by atoms with van der Waals surface area (Å²) in [5.41, 5.74) is 40.0. The Morgan fingerprint density at radius 2 is 1.16 bits per heavy atom. The maximum Gasteiger partial charge on any atom is 0.326 e. The first-order valence-corrected chi connectivity index (χ1v) is 31.3. The highest BCUT2D eigenvalue weighted by atomic mass is 32.1. The van der Waals surface area contributed by atoms with E-state index in [4.69, 9.17) is 40.1 Å². The average Bonchev–Trinajstić information content (AvgIpc) is 1.74. The number of carbonyl (C=O) groups excluding carboxylic acids is 9. The van der Waals surface area contributed by atoms with Gasteiger partial charge in [0.05, 0.1) is 25.3 Å². The predicted molar refractivity (Wildman–Crippen MR) is 345 cm³/mol. The topological polar surface area (TPSA) is 524 Å². The Morgan fingerprint density at radius 1 is 0.624 bits per heavy atom. The van der Waals surface area contributed by atoms with Gasteiger partial charge in [-0.25, -0.2) is 4.79 Å². The standard InChI is InChI=1S/C60H89N19O13S/c1-76(45(28-35-14-5-3-6-15-35)52(86)74-41(57(91)92)21-11-25-70-60(66)67)55(89)47(29-36-16-7-4-8-17-36)77(2)53(87)43(34-80)75-50(84)42(31-38-18-13-27-93-38)72-48(82)32-71-51(85)46-30-37(81)33-79(46)56(90)44-22-12-26-78(44)54(88)40(20-10-24-69-59(64)65)73-49(83)39(61)19-9-23-68-58(62)63/h3-8,13-18,27,37,39-47,80-81H,9-12,19-26,28-34,61H2,1-2H3,(H,71,85)(H,72,82)(H,73,83)(H,74,86)(H,75,84)(H,91,92)(H4,62,63,68)(H4,64,65,69)(H4,66,67,70)/t37-,39-,40+,41+,42+,43+,44+,45+,46+,47+/m1/s1. The Balaban J connectivity index is 1.30. The second-order valence-corrected chi connectivity index (χ2v) is 23.7. The number of aliphatic imine (C=N–C) groups is 3.